The number of hydrogen-bond acceptors (Lipinski definition) is 3. The number of carbonyl (C=O) groups excluding carboxylic acids is 3. The summed E-state index contributed by atoms with van der Waals surface area (Å²) in [5.74, 6) is -1.17. The lowest BCUT2D eigenvalue weighted by atomic mass is 10.1. The number of benzene rings is 2. The zero-order valence-electron chi connectivity index (χ0n) is 16.7. The summed E-state index contributed by atoms with van der Waals surface area (Å²) in [6.07, 6.45) is 0.116. The van der Waals surface area contributed by atoms with Gasteiger partial charge in [0.1, 0.15) is 0 Å². The molecule has 3 amide bonds. The number of nitrogens with zero attached hydrogens (tertiary/aromatic N) is 1. The van der Waals surface area contributed by atoms with Gasteiger partial charge in [0, 0.05) is 29.2 Å². The van der Waals surface area contributed by atoms with E-state index in [9.17, 15) is 14.4 Å². The van der Waals surface area contributed by atoms with Gasteiger partial charge in [-0.3, -0.25) is 14.4 Å². The van der Waals surface area contributed by atoms with Gasteiger partial charge in [0.2, 0.25) is 11.8 Å². The molecule has 7 heteroatoms. The van der Waals surface area contributed by atoms with Gasteiger partial charge in [-0.05, 0) is 57.2 Å². The van der Waals surface area contributed by atoms with Crippen LogP contribution in [0.1, 0.15) is 37.6 Å². The number of halogens is 1. The maximum Gasteiger partial charge on any atom is 0.253 e. The lowest BCUT2D eigenvalue weighted by Gasteiger charge is -2.22. The van der Waals surface area contributed by atoms with E-state index in [0.717, 1.165) is 0 Å². The summed E-state index contributed by atoms with van der Waals surface area (Å²) in [6.45, 7) is 5.95. The molecule has 0 saturated carbocycles. The average Bonchev–Trinajstić information content (AvgIpc) is 3.03. The Labute approximate surface area is 175 Å². The van der Waals surface area contributed by atoms with Gasteiger partial charge in [0.05, 0.1) is 17.2 Å². The summed E-state index contributed by atoms with van der Waals surface area (Å²) >= 11 is 5.90. The second-order valence-electron chi connectivity index (χ2n) is 8.12. The van der Waals surface area contributed by atoms with E-state index in [1.807, 2.05) is 20.8 Å². The predicted octanol–water partition coefficient (Wildman–Crippen LogP) is 3.86. The molecular formula is C22H24ClN3O3. The summed E-state index contributed by atoms with van der Waals surface area (Å²) in [4.78, 5) is 39.4. The Kier molecular flexibility index (Phi) is 5.94. The fraction of sp³-hybridized carbons (Fsp3) is 0.318. The van der Waals surface area contributed by atoms with Crippen molar-refractivity contribution in [2.45, 2.75) is 32.7 Å². The summed E-state index contributed by atoms with van der Waals surface area (Å²) in [6, 6.07) is 13.8. The number of anilines is 2. The number of rotatable bonds is 4. The topological polar surface area (TPSA) is 78.5 Å². The third-order valence-corrected chi connectivity index (χ3v) is 4.80. The van der Waals surface area contributed by atoms with Gasteiger partial charge in [-0.25, -0.2) is 0 Å². The maximum atomic E-state index is 12.8. The average molecular weight is 414 g/mol. The summed E-state index contributed by atoms with van der Waals surface area (Å²) < 4.78 is 0. The first-order valence-electron chi connectivity index (χ1n) is 9.42. The van der Waals surface area contributed by atoms with Gasteiger partial charge in [-0.2, -0.15) is 0 Å². The molecule has 0 bridgehead atoms. The molecule has 0 spiro atoms. The summed E-state index contributed by atoms with van der Waals surface area (Å²) in [5.41, 5.74) is 1.12. The molecular weight excluding hydrogens is 390 g/mol. The minimum Gasteiger partial charge on any atom is -0.347 e. The molecule has 1 fully saturated rings. The first-order chi connectivity index (χ1) is 13.6. The number of hydrogen-bond donors (Lipinski definition) is 2. The highest BCUT2D eigenvalue weighted by Crippen LogP contribution is 2.27. The molecule has 1 aliphatic rings. The van der Waals surface area contributed by atoms with Gasteiger partial charge in [-0.15, -0.1) is 0 Å². The molecule has 0 unspecified atom stereocenters. The zero-order chi connectivity index (χ0) is 21.2. The Hall–Kier alpha value is -2.86. The first-order valence-corrected chi connectivity index (χ1v) is 9.80. The highest BCUT2D eigenvalue weighted by Gasteiger charge is 2.35. The molecule has 152 valence electrons. The summed E-state index contributed by atoms with van der Waals surface area (Å²) in [7, 11) is 0. The molecule has 1 atom stereocenters. The van der Waals surface area contributed by atoms with Crippen molar-refractivity contribution < 1.29 is 14.4 Å². The van der Waals surface area contributed by atoms with Crippen molar-refractivity contribution in [3.8, 4) is 0 Å². The fourth-order valence-electron chi connectivity index (χ4n) is 3.19. The SMILES string of the molecule is CC(C)(C)NC(=O)c1ccccc1NC(=O)[C@H]1CC(=O)N(c2ccc(Cl)cc2)C1. The molecule has 1 aliphatic heterocycles. The Morgan fingerprint density at radius 2 is 1.72 bits per heavy atom. The van der Waals surface area contributed by atoms with Gasteiger partial charge in [-0.1, -0.05) is 23.7 Å². The molecule has 1 saturated heterocycles. The number of para-hydroxylation sites is 1. The number of amides is 3. The lowest BCUT2D eigenvalue weighted by Crippen LogP contribution is -2.41. The van der Waals surface area contributed by atoms with E-state index in [1.165, 1.54) is 0 Å². The highest BCUT2D eigenvalue weighted by atomic mass is 35.5. The van der Waals surface area contributed by atoms with Crippen molar-refractivity contribution in [3.63, 3.8) is 0 Å². The lowest BCUT2D eigenvalue weighted by molar-refractivity contribution is -0.122. The van der Waals surface area contributed by atoms with Crippen LogP contribution in [0, 0.1) is 5.92 Å². The second kappa shape index (κ2) is 8.25. The number of carbonyl (C=O) groups is 3. The van der Waals surface area contributed by atoms with Crippen molar-refractivity contribution in [2.24, 2.45) is 5.92 Å². The van der Waals surface area contributed by atoms with Crippen LogP contribution in [-0.2, 0) is 9.59 Å². The molecule has 3 rings (SSSR count). The molecule has 2 aromatic carbocycles. The van der Waals surface area contributed by atoms with E-state index in [4.69, 9.17) is 11.6 Å². The van der Waals surface area contributed by atoms with Crippen molar-refractivity contribution in [1.29, 1.82) is 0 Å². The maximum absolute atomic E-state index is 12.8. The normalized spacial score (nSPS) is 16.6. The van der Waals surface area contributed by atoms with E-state index in [2.05, 4.69) is 10.6 Å². The van der Waals surface area contributed by atoms with Crippen LogP contribution < -0.4 is 15.5 Å². The Balaban J connectivity index is 1.72. The van der Waals surface area contributed by atoms with Crippen LogP contribution >= 0.6 is 11.6 Å². The van der Waals surface area contributed by atoms with Crippen LogP contribution in [-0.4, -0.2) is 29.8 Å². The van der Waals surface area contributed by atoms with E-state index >= 15 is 0 Å². The third-order valence-electron chi connectivity index (χ3n) is 4.55. The van der Waals surface area contributed by atoms with Crippen LogP contribution in [0.4, 0.5) is 11.4 Å². The van der Waals surface area contributed by atoms with E-state index in [0.29, 0.717) is 22.0 Å². The smallest absolute Gasteiger partial charge is 0.253 e. The third kappa shape index (κ3) is 5.15. The molecule has 2 N–H and O–H groups in total. The predicted molar refractivity (Wildman–Crippen MR) is 114 cm³/mol. The van der Waals surface area contributed by atoms with Crippen molar-refractivity contribution in [2.75, 3.05) is 16.8 Å². The van der Waals surface area contributed by atoms with E-state index < -0.39 is 11.5 Å². The zero-order valence-corrected chi connectivity index (χ0v) is 17.4. The van der Waals surface area contributed by atoms with Crippen LogP contribution in [0.2, 0.25) is 5.02 Å². The molecule has 0 radical (unpaired) electrons. The largest absolute Gasteiger partial charge is 0.347 e. The van der Waals surface area contributed by atoms with Crippen molar-refractivity contribution >= 4 is 40.7 Å². The van der Waals surface area contributed by atoms with Crippen LogP contribution in [0.5, 0.6) is 0 Å². The van der Waals surface area contributed by atoms with E-state index in [-0.39, 0.29) is 30.7 Å². The molecule has 29 heavy (non-hydrogen) atoms. The molecule has 2 aromatic rings. The number of nitrogens with one attached hydrogen (secondary N) is 2. The van der Waals surface area contributed by atoms with Crippen LogP contribution in [0.25, 0.3) is 0 Å². The molecule has 0 aromatic heterocycles. The molecule has 1 heterocycles. The van der Waals surface area contributed by atoms with Gasteiger partial charge in [0.25, 0.3) is 5.91 Å². The second-order valence-corrected chi connectivity index (χ2v) is 8.56. The van der Waals surface area contributed by atoms with Crippen molar-refractivity contribution in [3.05, 3.63) is 59.1 Å². The minimum absolute atomic E-state index is 0.116. The molecule has 6 nitrogen and oxygen atoms in total. The quantitative estimate of drug-likeness (QED) is 0.798. The summed E-state index contributed by atoms with van der Waals surface area (Å²) in [5, 5.41) is 6.30. The Bertz CT molecular complexity index is 935. The Morgan fingerprint density at radius 1 is 1.07 bits per heavy atom. The van der Waals surface area contributed by atoms with Gasteiger partial charge in [0.15, 0.2) is 0 Å². The molecule has 0 aliphatic carbocycles. The van der Waals surface area contributed by atoms with E-state index in [1.54, 1.807) is 53.4 Å². The van der Waals surface area contributed by atoms with Crippen LogP contribution in [0.15, 0.2) is 48.5 Å². The highest BCUT2D eigenvalue weighted by molar-refractivity contribution is 6.30. The van der Waals surface area contributed by atoms with Crippen LogP contribution in [0.3, 0.4) is 0 Å². The standard InChI is InChI=1S/C22H24ClN3O3/c1-22(2,3)25-21(29)17-6-4-5-7-18(17)24-20(28)14-12-19(27)26(13-14)16-10-8-15(23)9-11-16/h4-11,14H,12-13H2,1-3H3,(H,24,28)(H,25,29)/t14-/m0/s1. The van der Waals surface area contributed by atoms with Crippen molar-refractivity contribution in [1.82, 2.24) is 5.32 Å². The monoisotopic (exact) mass is 413 g/mol. The Morgan fingerprint density at radius 3 is 2.38 bits per heavy atom. The first kappa shape index (κ1) is 20.9. The van der Waals surface area contributed by atoms with Gasteiger partial charge < -0.3 is 15.5 Å². The fourth-order valence-corrected chi connectivity index (χ4v) is 3.31. The van der Waals surface area contributed by atoms with Gasteiger partial charge >= 0.3 is 0 Å². The minimum atomic E-state index is -0.503.